The van der Waals surface area contributed by atoms with Gasteiger partial charge < -0.3 is 9.47 Å². The number of rotatable bonds is 9. The lowest BCUT2D eigenvalue weighted by Gasteiger charge is -2.26. The van der Waals surface area contributed by atoms with Gasteiger partial charge in [-0.2, -0.15) is 8.78 Å². The van der Waals surface area contributed by atoms with Gasteiger partial charge in [0.2, 0.25) is 11.6 Å². The van der Waals surface area contributed by atoms with Gasteiger partial charge in [0.15, 0.2) is 11.5 Å². The van der Waals surface area contributed by atoms with Crippen LogP contribution in [0.4, 0.5) is 8.78 Å². The summed E-state index contributed by atoms with van der Waals surface area (Å²) >= 11 is 0. The number of ether oxygens (including phenoxy) is 2. The molecule has 4 heteroatoms. The molecule has 132 valence electrons. The van der Waals surface area contributed by atoms with Crippen LogP contribution in [0.2, 0.25) is 0 Å². The molecule has 0 heterocycles. The first-order valence-corrected chi connectivity index (χ1v) is 8.62. The maximum atomic E-state index is 14.1. The number of benzene rings is 1. The molecule has 1 aromatic rings. The van der Waals surface area contributed by atoms with Crippen LogP contribution in [0, 0.1) is 23.5 Å². The van der Waals surface area contributed by atoms with Crippen molar-refractivity contribution < 1.29 is 18.3 Å². The van der Waals surface area contributed by atoms with E-state index in [0.29, 0.717) is 25.0 Å². The molecule has 1 aliphatic rings. The Bertz CT molecular complexity index is 549. The van der Waals surface area contributed by atoms with Gasteiger partial charge in [-0.3, -0.25) is 0 Å². The summed E-state index contributed by atoms with van der Waals surface area (Å²) in [5.41, 5.74) is 0. The lowest BCUT2D eigenvalue weighted by molar-refractivity contribution is 0.187. The average molecular weight is 336 g/mol. The molecule has 0 bridgehead atoms. The smallest absolute Gasteiger partial charge is 0.204 e. The fourth-order valence-corrected chi connectivity index (χ4v) is 2.95. The van der Waals surface area contributed by atoms with Crippen LogP contribution < -0.4 is 9.47 Å². The highest BCUT2D eigenvalue weighted by atomic mass is 19.2. The van der Waals surface area contributed by atoms with E-state index in [0.717, 1.165) is 38.5 Å². The van der Waals surface area contributed by atoms with E-state index in [1.807, 2.05) is 6.08 Å². The summed E-state index contributed by atoms with van der Waals surface area (Å²) in [4.78, 5) is 0. The largest absolute Gasteiger partial charge is 0.490 e. The van der Waals surface area contributed by atoms with Crippen LogP contribution in [0.15, 0.2) is 37.4 Å². The molecule has 1 saturated carbocycles. The summed E-state index contributed by atoms with van der Waals surface area (Å²) in [6, 6.07) is 2.87. The van der Waals surface area contributed by atoms with Crippen molar-refractivity contribution in [3.63, 3.8) is 0 Å². The van der Waals surface area contributed by atoms with Gasteiger partial charge in [-0.1, -0.05) is 12.2 Å². The average Bonchev–Trinajstić information content (AvgIpc) is 2.62. The number of unbranched alkanes of at least 4 members (excludes halogenated alkanes) is 1. The van der Waals surface area contributed by atoms with Gasteiger partial charge in [-0.15, -0.1) is 13.2 Å². The molecule has 2 nitrogen and oxygen atoms in total. The van der Waals surface area contributed by atoms with Crippen LogP contribution in [-0.4, -0.2) is 13.2 Å². The van der Waals surface area contributed by atoms with Crippen molar-refractivity contribution >= 4 is 0 Å². The Labute approximate surface area is 143 Å². The van der Waals surface area contributed by atoms with Gasteiger partial charge in [0.25, 0.3) is 0 Å². The molecule has 0 N–H and O–H groups in total. The van der Waals surface area contributed by atoms with Crippen LogP contribution >= 0.6 is 0 Å². The Morgan fingerprint density at radius 3 is 2.21 bits per heavy atom. The zero-order valence-electron chi connectivity index (χ0n) is 14.1. The van der Waals surface area contributed by atoms with E-state index in [1.165, 1.54) is 12.1 Å². The molecule has 0 aliphatic heterocycles. The van der Waals surface area contributed by atoms with E-state index in [4.69, 9.17) is 9.47 Å². The minimum absolute atomic E-state index is 0.0446. The summed E-state index contributed by atoms with van der Waals surface area (Å²) in [5.74, 6) is -1.11. The number of hydrogen-bond acceptors (Lipinski definition) is 2. The van der Waals surface area contributed by atoms with Gasteiger partial charge in [0.05, 0.1) is 13.2 Å². The van der Waals surface area contributed by atoms with Crippen LogP contribution in [0.3, 0.4) is 0 Å². The van der Waals surface area contributed by atoms with Crippen molar-refractivity contribution in [2.24, 2.45) is 11.8 Å². The highest BCUT2D eigenvalue weighted by molar-refractivity contribution is 5.35. The first-order valence-electron chi connectivity index (χ1n) is 8.62. The molecule has 1 aromatic carbocycles. The molecular formula is C20H26F2O2. The van der Waals surface area contributed by atoms with Crippen LogP contribution in [0.1, 0.15) is 38.5 Å². The van der Waals surface area contributed by atoms with Crippen LogP contribution in [0.25, 0.3) is 0 Å². The number of halogens is 2. The molecule has 0 amide bonds. The second-order valence-corrected chi connectivity index (χ2v) is 6.30. The maximum Gasteiger partial charge on any atom is 0.204 e. The molecule has 1 aliphatic carbocycles. The molecule has 2 rings (SSSR count). The lowest BCUT2D eigenvalue weighted by atomic mass is 9.82. The Morgan fingerprint density at radius 1 is 1.00 bits per heavy atom. The van der Waals surface area contributed by atoms with Crippen molar-refractivity contribution in [3.05, 3.63) is 49.1 Å². The number of allylic oxidation sites excluding steroid dienone is 2. The quantitative estimate of drug-likeness (QED) is 0.426. The van der Waals surface area contributed by atoms with E-state index >= 15 is 0 Å². The highest BCUT2D eigenvalue weighted by Gasteiger charge is 2.21. The third-order valence-electron chi connectivity index (χ3n) is 4.52. The minimum Gasteiger partial charge on any atom is -0.490 e. The molecule has 0 spiro atoms. The molecule has 0 unspecified atom stereocenters. The Kier molecular flexibility index (Phi) is 7.29. The van der Waals surface area contributed by atoms with Crippen LogP contribution in [-0.2, 0) is 0 Å². The first-order chi connectivity index (χ1) is 11.7. The van der Waals surface area contributed by atoms with E-state index in [2.05, 4.69) is 13.2 Å². The van der Waals surface area contributed by atoms with Crippen molar-refractivity contribution in [1.82, 2.24) is 0 Å². The van der Waals surface area contributed by atoms with Gasteiger partial charge in [0.1, 0.15) is 0 Å². The Hall–Kier alpha value is -1.84. The van der Waals surface area contributed by atoms with Crippen LogP contribution in [0.5, 0.6) is 11.5 Å². The predicted molar refractivity (Wildman–Crippen MR) is 92.4 cm³/mol. The summed E-state index contributed by atoms with van der Waals surface area (Å²) in [5, 5.41) is 0. The maximum absolute atomic E-state index is 14.1. The van der Waals surface area contributed by atoms with E-state index < -0.39 is 11.6 Å². The highest BCUT2D eigenvalue weighted by Crippen LogP contribution is 2.32. The Balaban J connectivity index is 1.86. The molecule has 24 heavy (non-hydrogen) atoms. The fraction of sp³-hybridized carbons (Fsp3) is 0.500. The van der Waals surface area contributed by atoms with E-state index in [9.17, 15) is 8.78 Å². The van der Waals surface area contributed by atoms with Crippen molar-refractivity contribution in [3.8, 4) is 11.5 Å². The molecule has 0 saturated heterocycles. The minimum atomic E-state index is -0.985. The monoisotopic (exact) mass is 336 g/mol. The zero-order chi connectivity index (χ0) is 17.4. The summed E-state index contributed by atoms with van der Waals surface area (Å²) in [6.07, 6.45) is 9.50. The summed E-state index contributed by atoms with van der Waals surface area (Å²) < 4.78 is 38.9. The van der Waals surface area contributed by atoms with Crippen molar-refractivity contribution in [2.75, 3.05) is 13.2 Å². The number of hydrogen-bond donors (Lipinski definition) is 0. The van der Waals surface area contributed by atoms with Gasteiger partial charge in [0, 0.05) is 0 Å². The molecule has 1 fully saturated rings. The van der Waals surface area contributed by atoms with Gasteiger partial charge in [-0.05, 0) is 62.5 Å². The molecular weight excluding hydrogens is 310 g/mol. The Morgan fingerprint density at radius 2 is 1.62 bits per heavy atom. The van der Waals surface area contributed by atoms with Crippen molar-refractivity contribution in [2.45, 2.75) is 38.5 Å². The fourth-order valence-electron chi connectivity index (χ4n) is 2.95. The molecule has 0 radical (unpaired) electrons. The SMILES string of the molecule is C=CCCCOc1ccc(OCC2CCC(C=C)CC2)c(F)c1F. The first kappa shape index (κ1) is 18.5. The van der Waals surface area contributed by atoms with E-state index in [1.54, 1.807) is 6.08 Å². The summed E-state index contributed by atoms with van der Waals surface area (Å²) in [7, 11) is 0. The standard InChI is InChI=1S/C20H26F2O2/c1-3-5-6-13-23-17-11-12-18(20(22)19(17)21)24-14-16-9-7-15(4-2)8-10-16/h3-4,11-12,15-16H,1-2,5-10,13-14H2. The second kappa shape index (κ2) is 9.45. The predicted octanol–water partition coefficient (Wildman–Crippen LogP) is 5.68. The third kappa shape index (κ3) is 5.08. The summed E-state index contributed by atoms with van der Waals surface area (Å²) in [6.45, 7) is 8.18. The second-order valence-electron chi connectivity index (χ2n) is 6.30. The van der Waals surface area contributed by atoms with E-state index in [-0.39, 0.29) is 11.5 Å². The third-order valence-corrected chi connectivity index (χ3v) is 4.52. The van der Waals surface area contributed by atoms with Crippen molar-refractivity contribution in [1.29, 1.82) is 0 Å². The molecule has 0 atom stereocenters. The normalized spacial score (nSPS) is 20.4. The van der Waals surface area contributed by atoms with Gasteiger partial charge in [-0.25, -0.2) is 0 Å². The van der Waals surface area contributed by atoms with Gasteiger partial charge >= 0.3 is 0 Å². The molecule has 0 aromatic heterocycles. The lowest BCUT2D eigenvalue weighted by Crippen LogP contribution is -2.19. The zero-order valence-corrected chi connectivity index (χ0v) is 14.1. The topological polar surface area (TPSA) is 18.5 Å².